The van der Waals surface area contributed by atoms with E-state index in [1.807, 2.05) is 28.6 Å². The van der Waals surface area contributed by atoms with E-state index >= 15 is 0 Å². The number of hydrogen-bond acceptors (Lipinski definition) is 7. The van der Waals surface area contributed by atoms with Gasteiger partial charge in [-0.15, -0.1) is 0 Å². The summed E-state index contributed by atoms with van der Waals surface area (Å²) in [6, 6.07) is 13.0. The monoisotopic (exact) mass is 745 g/mol. The maximum absolute atomic E-state index is 13.4. The van der Waals surface area contributed by atoms with Crippen LogP contribution in [0, 0.1) is 19.8 Å². The molecule has 2 saturated heterocycles. The molecule has 2 aromatic heterocycles. The number of halogens is 1. The van der Waals surface area contributed by atoms with E-state index in [9.17, 15) is 19.5 Å². The number of piperazine rings is 1. The lowest BCUT2D eigenvalue weighted by atomic mass is 9.93. The number of methoxy groups -OCH3 is 1. The second-order valence-corrected chi connectivity index (χ2v) is 14.8. The molecule has 282 valence electrons. The molecule has 6 rings (SSSR count). The molecule has 2 aliphatic heterocycles. The van der Waals surface area contributed by atoms with Crippen LogP contribution in [0.3, 0.4) is 0 Å². The summed E-state index contributed by atoms with van der Waals surface area (Å²) in [6.45, 7) is 9.77. The van der Waals surface area contributed by atoms with Gasteiger partial charge in [0.05, 0.1) is 68.1 Å². The largest absolute Gasteiger partial charge is 0.391 e. The first kappa shape index (κ1) is 38.2. The molecule has 13 nitrogen and oxygen atoms in total. The van der Waals surface area contributed by atoms with Crippen molar-refractivity contribution in [2.24, 2.45) is 13.0 Å². The van der Waals surface area contributed by atoms with Gasteiger partial charge in [0.2, 0.25) is 5.91 Å². The van der Waals surface area contributed by atoms with E-state index < -0.39 is 5.91 Å². The van der Waals surface area contributed by atoms with Crippen LogP contribution >= 0.6 is 11.6 Å². The second-order valence-electron chi connectivity index (χ2n) is 14.4. The van der Waals surface area contributed by atoms with Crippen LogP contribution in [-0.2, 0) is 23.1 Å². The van der Waals surface area contributed by atoms with Crippen LogP contribution in [0.1, 0.15) is 45.2 Å². The molecule has 0 saturated carbocycles. The highest BCUT2D eigenvalue weighted by Gasteiger charge is 2.36. The van der Waals surface area contributed by atoms with Crippen molar-refractivity contribution < 1.29 is 28.7 Å². The fourth-order valence-electron chi connectivity index (χ4n) is 7.62. The number of likely N-dealkylation sites (tertiary alicyclic amines) is 1. The summed E-state index contributed by atoms with van der Waals surface area (Å²) in [7, 11) is 5.61. The van der Waals surface area contributed by atoms with Gasteiger partial charge in [-0.3, -0.25) is 19.1 Å². The lowest BCUT2D eigenvalue weighted by Gasteiger charge is -2.42. The SMILES string of the molecule is COCCn1nc(C)c(-c2ccc(-c3cnc(C(=O)Nc4ccc(C(=O)N5CCN(C(=O)C6CC[N+](C)(CCO)CC6)CC5)c(Cl)c4)n3C)cc2)c1C. The number of ether oxygens (including phenoxy) is 1. The molecular formula is C39H50ClN8O5+. The van der Waals surface area contributed by atoms with E-state index in [0.29, 0.717) is 57.1 Å². The number of nitrogens with zero attached hydrogens (tertiary/aromatic N) is 7. The number of rotatable bonds is 11. The predicted molar refractivity (Wildman–Crippen MR) is 204 cm³/mol. The van der Waals surface area contributed by atoms with Gasteiger partial charge in [-0.05, 0) is 43.2 Å². The molecule has 0 unspecified atom stereocenters. The van der Waals surface area contributed by atoms with Gasteiger partial charge >= 0.3 is 0 Å². The van der Waals surface area contributed by atoms with Gasteiger partial charge < -0.3 is 34.0 Å². The molecule has 0 spiro atoms. The number of anilines is 1. The molecule has 3 amide bonds. The van der Waals surface area contributed by atoms with Crippen molar-refractivity contribution in [2.45, 2.75) is 33.2 Å². The van der Waals surface area contributed by atoms with E-state index in [1.54, 1.807) is 48.0 Å². The van der Waals surface area contributed by atoms with Gasteiger partial charge in [-0.2, -0.15) is 5.10 Å². The molecule has 53 heavy (non-hydrogen) atoms. The minimum Gasteiger partial charge on any atom is -0.391 e. The summed E-state index contributed by atoms with van der Waals surface area (Å²) < 4.78 is 9.74. The molecule has 0 atom stereocenters. The number of aliphatic hydroxyl groups is 1. The number of likely N-dealkylation sites (N-methyl/N-ethyl adjacent to an activating group) is 1. The van der Waals surface area contributed by atoms with E-state index in [-0.39, 0.29) is 35.2 Å². The molecule has 0 aliphatic carbocycles. The number of hydrogen-bond donors (Lipinski definition) is 2. The fourth-order valence-corrected chi connectivity index (χ4v) is 7.88. The van der Waals surface area contributed by atoms with E-state index in [1.165, 1.54) is 0 Å². The lowest BCUT2D eigenvalue weighted by Crippen LogP contribution is -2.56. The smallest absolute Gasteiger partial charge is 0.291 e. The van der Waals surface area contributed by atoms with Crippen LogP contribution in [0.5, 0.6) is 0 Å². The summed E-state index contributed by atoms with van der Waals surface area (Å²) in [6.07, 6.45) is 3.30. The third-order valence-electron chi connectivity index (χ3n) is 10.9. The average Bonchev–Trinajstić information content (AvgIpc) is 3.68. The molecule has 4 aromatic rings. The Labute approximate surface area is 315 Å². The zero-order valence-corrected chi connectivity index (χ0v) is 32.0. The maximum atomic E-state index is 13.4. The number of aryl methyl sites for hydroxylation is 1. The van der Waals surface area contributed by atoms with Crippen LogP contribution in [0.15, 0.2) is 48.7 Å². The van der Waals surface area contributed by atoms with Crippen LogP contribution < -0.4 is 5.32 Å². The minimum atomic E-state index is -0.407. The molecule has 0 radical (unpaired) electrons. The topological polar surface area (TPSA) is 135 Å². The quantitative estimate of drug-likeness (QED) is 0.219. The van der Waals surface area contributed by atoms with Gasteiger partial charge in [-0.25, -0.2) is 4.98 Å². The zero-order chi connectivity index (χ0) is 37.9. The van der Waals surface area contributed by atoms with Crippen molar-refractivity contribution in [3.8, 4) is 22.4 Å². The molecule has 2 aliphatic rings. The third kappa shape index (κ3) is 8.18. The molecule has 2 aromatic carbocycles. The Hall–Kier alpha value is -4.56. The number of aliphatic hydroxyl groups excluding tert-OH is 1. The van der Waals surface area contributed by atoms with Crippen molar-refractivity contribution >= 4 is 35.0 Å². The van der Waals surface area contributed by atoms with Crippen molar-refractivity contribution in [3.63, 3.8) is 0 Å². The minimum absolute atomic E-state index is 0.00824. The standard InChI is InChI=1S/C39H49ClN8O5/c1-26-35(27(2)47(43-26)18-23-53-5)29-8-6-28(7-9-29)34-25-41-36(44(34)3)37(50)42-31-10-11-32(33(40)24-31)39(52)46-16-14-45(15-17-46)38(51)30-12-19-48(4,20-13-30)21-22-49/h6-11,24-25,30,49H,12-23H2,1-5H3/p+1. The van der Waals surface area contributed by atoms with Crippen molar-refractivity contribution in [1.82, 2.24) is 29.1 Å². The average molecular weight is 746 g/mol. The predicted octanol–water partition coefficient (Wildman–Crippen LogP) is 4.25. The van der Waals surface area contributed by atoms with Gasteiger partial charge in [0.1, 0.15) is 6.54 Å². The first-order valence-corrected chi connectivity index (χ1v) is 18.6. The van der Waals surface area contributed by atoms with Crippen LogP contribution in [-0.4, -0.2) is 130 Å². The Balaban J connectivity index is 1.04. The van der Waals surface area contributed by atoms with E-state index in [0.717, 1.165) is 64.2 Å². The van der Waals surface area contributed by atoms with Gasteiger partial charge in [0, 0.05) is 76.0 Å². The number of benzene rings is 2. The van der Waals surface area contributed by atoms with Crippen molar-refractivity contribution in [1.29, 1.82) is 0 Å². The van der Waals surface area contributed by atoms with Crippen LogP contribution in [0.25, 0.3) is 22.4 Å². The number of amides is 3. The zero-order valence-electron chi connectivity index (χ0n) is 31.3. The Kier molecular flexibility index (Phi) is 11.7. The first-order valence-electron chi connectivity index (χ1n) is 18.2. The number of piperidine rings is 1. The summed E-state index contributed by atoms with van der Waals surface area (Å²) >= 11 is 6.60. The molecule has 14 heteroatoms. The third-order valence-corrected chi connectivity index (χ3v) is 11.2. The molecule has 0 bridgehead atoms. The highest BCUT2D eigenvalue weighted by molar-refractivity contribution is 6.34. The Morgan fingerprint density at radius 3 is 2.30 bits per heavy atom. The highest BCUT2D eigenvalue weighted by atomic mass is 35.5. The Bertz CT molecular complexity index is 1960. The van der Waals surface area contributed by atoms with Crippen LogP contribution in [0.4, 0.5) is 5.69 Å². The molecule has 4 heterocycles. The van der Waals surface area contributed by atoms with Gasteiger partial charge in [0.25, 0.3) is 11.8 Å². The molecule has 2 fully saturated rings. The summed E-state index contributed by atoms with van der Waals surface area (Å²) in [5.41, 5.74) is 6.66. The normalized spacial score (nSPS) is 19.0. The summed E-state index contributed by atoms with van der Waals surface area (Å²) in [5.74, 6) is -0.237. The number of carbonyl (C=O) groups is 3. The number of carbonyl (C=O) groups excluding carboxylic acids is 3. The Morgan fingerprint density at radius 2 is 1.66 bits per heavy atom. The number of nitrogens with one attached hydrogen (secondary N) is 1. The second kappa shape index (κ2) is 16.2. The Morgan fingerprint density at radius 1 is 1.00 bits per heavy atom. The molecule has 2 N–H and O–H groups in total. The number of aromatic nitrogens is 4. The highest BCUT2D eigenvalue weighted by Crippen LogP contribution is 2.31. The van der Waals surface area contributed by atoms with Crippen molar-refractivity contribution in [2.75, 3.05) is 78.5 Å². The number of imidazole rings is 1. The van der Waals surface area contributed by atoms with Gasteiger partial charge in [0.15, 0.2) is 5.82 Å². The lowest BCUT2D eigenvalue weighted by molar-refractivity contribution is -0.915. The summed E-state index contributed by atoms with van der Waals surface area (Å²) in [5, 5.41) is 17.1. The first-order chi connectivity index (χ1) is 25.4. The fraction of sp³-hybridized carbons (Fsp3) is 0.462. The number of quaternary nitrogens is 1. The van der Waals surface area contributed by atoms with Crippen molar-refractivity contribution in [3.05, 3.63) is 76.5 Å². The summed E-state index contributed by atoms with van der Waals surface area (Å²) in [4.78, 5) is 48.0. The van der Waals surface area contributed by atoms with Gasteiger partial charge in [-0.1, -0.05) is 35.9 Å². The maximum Gasteiger partial charge on any atom is 0.291 e. The van der Waals surface area contributed by atoms with E-state index in [2.05, 4.69) is 41.5 Å². The molecular weight excluding hydrogens is 696 g/mol. The van der Waals surface area contributed by atoms with E-state index in [4.69, 9.17) is 16.3 Å². The van der Waals surface area contributed by atoms with Crippen LogP contribution in [0.2, 0.25) is 5.02 Å².